The van der Waals surface area contributed by atoms with E-state index in [1.807, 2.05) is 12.1 Å². The molecule has 2 aromatic rings. The van der Waals surface area contributed by atoms with E-state index in [2.05, 4.69) is 25.2 Å². The van der Waals surface area contributed by atoms with Gasteiger partial charge in [0.2, 0.25) is 5.95 Å². The summed E-state index contributed by atoms with van der Waals surface area (Å²) in [7, 11) is 0. The van der Waals surface area contributed by atoms with Crippen molar-refractivity contribution >= 4 is 23.4 Å². The van der Waals surface area contributed by atoms with Crippen molar-refractivity contribution in [3.8, 4) is 0 Å². The van der Waals surface area contributed by atoms with Crippen LogP contribution < -0.4 is 10.2 Å². The molecule has 0 unspecified atom stereocenters. The molecule has 2 aliphatic rings. The zero-order chi connectivity index (χ0) is 16.5. The smallest absolute Gasteiger partial charge is 0.341 e. The van der Waals surface area contributed by atoms with E-state index in [9.17, 15) is 9.90 Å². The number of hydrogen-bond acceptors (Lipinski definition) is 6. The van der Waals surface area contributed by atoms with E-state index in [0.717, 1.165) is 37.3 Å². The van der Waals surface area contributed by atoms with E-state index in [4.69, 9.17) is 0 Å². The first kappa shape index (κ1) is 14.9. The Morgan fingerprint density at radius 3 is 2.58 bits per heavy atom. The third kappa shape index (κ3) is 3.02. The average molecular weight is 325 g/mol. The Hall–Kier alpha value is -2.70. The highest BCUT2D eigenvalue weighted by Gasteiger charge is 2.24. The molecule has 1 saturated heterocycles. The van der Waals surface area contributed by atoms with Crippen LogP contribution in [0.5, 0.6) is 0 Å². The number of pyridine rings is 1. The van der Waals surface area contributed by atoms with Gasteiger partial charge < -0.3 is 15.3 Å². The first-order valence-electron chi connectivity index (χ1n) is 8.29. The maximum atomic E-state index is 11.4. The lowest BCUT2D eigenvalue weighted by molar-refractivity contribution is 0.0697. The summed E-state index contributed by atoms with van der Waals surface area (Å²) in [5.74, 6) is 0.422. The highest BCUT2D eigenvalue weighted by molar-refractivity contribution is 5.93. The number of aromatic carboxylic acids is 1. The number of carboxylic acids is 1. The molecule has 0 radical (unpaired) electrons. The van der Waals surface area contributed by atoms with Crippen molar-refractivity contribution in [3.05, 3.63) is 35.8 Å². The van der Waals surface area contributed by atoms with Gasteiger partial charge in [-0.3, -0.25) is 4.98 Å². The standard InChI is InChI=1S/C17H19N5O2/c23-16(24)13-10-19-17(22-7-1-2-8-22)21-15(13)20-12-5-6-14(18-9-12)11-3-4-11/h5-6,9-11H,1-4,7-8H2,(H,23,24)(H,19,20,21). The van der Waals surface area contributed by atoms with Crippen LogP contribution >= 0.6 is 0 Å². The molecule has 7 nitrogen and oxygen atoms in total. The molecule has 24 heavy (non-hydrogen) atoms. The van der Waals surface area contributed by atoms with Gasteiger partial charge in [0.25, 0.3) is 0 Å². The number of nitrogens with zero attached hydrogens (tertiary/aromatic N) is 4. The van der Waals surface area contributed by atoms with Gasteiger partial charge in [-0.25, -0.2) is 9.78 Å². The summed E-state index contributed by atoms with van der Waals surface area (Å²) in [4.78, 5) is 26.6. The Labute approximate surface area is 139 Å². The summed E-state index contributed by atoms with van der Waals surface area (Å²) in [5, 5.41) is 12.5. The molecule has 1 saturated carbocycles. The third-order valence-electron chi connectivity index (χ3n) is 4.44. The van der Waals surface area contributed by atoms with Crippen LogP contribution in [0.1, 0.15) is 47.7 Å². The monoisotopic (exact) mass is 325 g/mol. The zero-order valence-corrected chi connectivity index (χ0v) is 13.3. The Morgan fingerprint density at radius 2 is 1.96 bits per heavy atom. The summed E-state index contributed by atoms with van der Waals surface area (Å²) in [6, 6.07) is 3.91. The molecule has 7 heteroatoms. The van der Waals surface area contributed by atoms with Crippen molar-refractivity contribution in [2.45, 2.75) is 31.6 Å². The Kier molecular flexibility index (Phi) is 3.76. The van der Waals surface area contributed by atoms with Gasteiger partial charge in [0.1, 0.15) is 5.56 Å². The van der Waals surface area contributed by atoms with E-state index in [1.54, 1.807) is 6.20 Å². The fraction of sp³-hybridized carbons (Fsp3) is 0.412. The molecule has 4 rings (SSSR count). The van der Waals surface area contributed by atoms with Crippen LogP contribution in [0.4, 0.5) is 17.5 Å². The van der Waals surface area contributed by atoms with Crippen LogP contribution in [-0.4, -0.2) is 39.1 Å². The van der Waals surface area contributed by atoms with Gasteiger partial charge in [0.15, 0.2) is 5.82 Å². The summed E-state index contributed by atoms with van der Waals surface area (Å²) in [6.45, 7) is 1.81. The second kappa shape index (κ2) is 6.07. The van der Waals surface area contributed by atoms with E-state index in [-0.39, 0.29) is 5.56 Å². The molecule has 0 aromatic carbocycles. The minimum atomic E-state index is -1.05. The van der Waals surface area contributed by atoms with E-state index in [1.165, 1.54) is 19.0 Å². The Morgan fingerprint density at radius 1 is 1.17 bits per heavy atom. The van der Waals surface area contributed by atoms with Crippen LogP contribution in [0.25, 0.3) is 0 Å². The van der Waals surface area contributed by atoms with Crippen molar-refractivity contribution in [1.29, 1.82) is 0 Å². The number of carboxylic acid groups (broad SMARTS) is 1. The van der Waals surface area contributed by atoms with Crippen LogP contribution in [0.2, 0.25) is 0 Å². The maximum absolute atomic E-state index is 11.4. The molecule has 124 valence electrons. The first-order valence-corrected chi connectivity index (χ1v) is 8.29. The highest BCUT2D eigenvalue weighted by atomic mass is 16.4. The Bertz CT molecular complexity index is 752. The molecular formula is C17H19N5O2. The fourth-order valence-corrected chi connectivity index (χ4v) is 2.93. The highest BCUT2D eigenvalue weighted by Crippen LogP contribution is 2.39. The molecule has 2 aromatic heterocycles. The van der Waals surface area contributed by atoms with Crippen LogP contribution in [-0.2, 0) is 0 Å². The minimum Gasteiger partial charge on any atom is -0.477 e. The summed E-state index contributed by atoms with van der Waals surface area (Å²) in [5.41, 5.74) is 1.89. The maximum Gasteiger partial charge on any atom is 0.341 e. The van der Waals surface area contributed by atoms with Crippen molar-refractivity contribution in [3.63, 3.8) is 0 Å². The lowest BCUT2D eigenvalue weighted by atomic mass is 10.2. The predicted molar refractivity (Wildman–Crippen MR) is 89.9 cm³/mol. The van der Waals surface area contributed by atoms with Gasteiger partial charge in [-0.1, -0.05) is 0 Å². The first-order chi connectivity index (χ1) is 11.7. The second-order valence-electron chi connectivity index (χ2n) is 6.30. The van der Waals surface area contributed by atoms with Crippen LogP contribution in [0.15, 0.2) is 24.5 Å². The van der Waals surface area contributed by atoms with Gasteiger partial charge in [-0.2, -0.15) is 4.98 Å². The molecule has 1 aliphatic carbocycles. The lowest BCUT2D eigenvalue weighted by Crippen LogP contribution is -2.21. The number of anilines is 3. The number of nitrogens with one attached hydrogen (secondary N) is 1. The fourth-order valence-electron chi connectivity index (χ4n) is 2.93. The molecule has 0 bridgehead atoms. The molecule has 3 heterocycles. The number of carbonyl (C=O) groups is 1. The number of hydrogen-bond donors (Lipinski definition) is 2. The average Bonchev–Trinajstić information content (AvgIpc) is 3.29. The predicted octanol–water partition coefficient (Wildman–Crippen LogP) is 2.79. The lowest BCUT2D eigenvalue weighted by Gasteiger charge is -2.17. The molecule has 2 fully saturated rings. The minimum absolute atomic E-state index is 0.0595. The van der Waals surface area contributed by atoms with Crippen molar-refractivity contribution in [2.24, 2.45) is 0 Å². The van der Waals surface area contributed by atoms with Gasteiger partial charge >= 0.3 is 5.97 Å². The third-order valence-corrected chi connectivity index (χ3v) is 4.44. The summed E-state index contributed by atoms with van der Waals surface area (Å²) >= 11 is 0. The van der Waals surface area contributed by atoms with Crippen LogP contribution in [0, 0.1) is 0 Å². The molecule has 0 atom stereocenters. The van der Waals surface area contributed by atoms with E-state index < -0.39 is 5.97 Å². The SMILES string of the molecule is O=C(O)c1cnc(N2CCCC2)nc1Nc1ccc(C2CC2)nc1. The molecule has 0 amide bonds. The van der Waals surface area contributed by atoms with Gasteiger partial charge in [0, 0.05) is 30.9 Å². The van der Waals surface area contributed by atoms with Gasteiger partial charge in [0.05, 0.1) is 11.9 Å². The quantitative estimate of drug-likeness (QED) is 0.873. The van der Waals surface area contributed by atoms with Crippen molar-refractivity contribution < 1.29 is 9.90 Å². The normalized spacial score (nSPS) is 17.1. The summed E-state index contributed by atoms with van der Waals surface area (Å²) in [6.07, 6.45) is 7.73. The largest absolute Gasteiger partial charge is 0.477 e. The van der Waals surface area contributed by atoms with E-state index in [0.29, 0.717) is 17.7 Å². The van der Waals surface area contributed by atoms with Gasteiger partial charge in [-0.05, 0) is 37.8 Å². The number of rotatable bonds is 5. The Balaban J connectivity index is 1.61. The molecule has 2 N–H and O–H groups in total. The van der Waals surface area contributed by atoms with Gasteiger partial charge in [-0.15, -0.1) is 0 Å². The molecule has 1 aliphatic heterocycles. The van der Waals surface area contributed by atoms with Crippen LogP contribution in [0.3, 0.4) is 0 Å². The molecule has 0 spiro atoms. The molecular weight excluding hydrogens is 306 g/mol. The van der Waals surface area contributed by atoms with E-state index >= 15 is 0 Å². The van der Waals surface area contributed by atoms with Crippen molar-refractivity contribution in [2.75, 3.05) is 23.3 Å². The van der Waals surface area contributed by atoms with Crippen molar-refractivity contribution in [1.82, 2.24) is 15.0 Å². The topological polar surface area (TPSA) is 91.2 Å². The zero-order valence-electron chi connectivity index (χ0n) is 13.3. The second-order valence-corrected chi connectivity index (χ2v) is 6.30. The summed E-state index contributed by atoms with van der Waals surface area (Å²) < 4.78 is 0. The number of aromatic nitrogens is 3.